The quantitative estimate of drug-likeness (QED) is 0.571. The third-order valence-electron chi connectivity index (χ3n) is 10.3. The van der Waals surface area contributed by atoms with E-state index >= 15 is 0 Å². The number of hydrogen-bond acceptors (Lipinski definition) is 4. The summed E-state index contributed by atoms with van der Waals surface area (Å²) in [6.07, 6.45) is 6.13. The molecular formula is C24H40O5. The van der Waals surface area contributed by atoms with E-state index in [0.717, 1.165) is 38.5 Å². The summed E-state index contributed by atoms with van der Waals surface area (Å²) in [5, 5.41) is 42.0. The van der Waals surface area contributed by atoms with E-state index in [0.29, 0.717) is 30.6 Å². The fourth-order valence-electron chi connectivity index (χ4n) is 8.72. The van der Waals surface area contributed by atoms with Gasteiger partial charge >= 0.3 is 5.97 Å². The number of aliphatic hydroxyl groups is 3. The molecular weight excluding hydrogens is 368 g/mol. The number of hydrogen-bond donors (Lipinski definition) is 4. The molecule has 4 N–H and O–H groups in total. The van der Waals surface area contributed by atoms with Crippen molar-refractivity contribution in [3.05, 3.63) is 0 Å². The monoisotopic (exact) mass is 408 g/mol. The van der Waals surface area contributed by atoms with Crippen LogP contribution >= 0.6 is 0 Å². The Morgan fingerprint density at radius 2 is 1.79 bits per heavy atom. The first-order valence-corrected chi connectivity index (χ1v) is 11.8. The highest BCUT2D eigenvalue weighted by Gasteiger charge is 2.66. The van der Waals surface area contributed by atoms with Gasteiger partial charge < -0.3 is 20.4 Å². The summed E-state index contributed by atoms with van der Waals surface area (Å²) in [5.74, 6) is 1.02. The molecule has 0 aromatic rings. The Labute approximate surface area is 174 Å². The maximum atomic E-state index is 11.5. The lowest BCUT2D eigenvalue weighted by Crippen LogP contribution is -2.60. The average molecular weight is 409 g/mol. The number of aliphatic carboxylic acids is 1. The Morgan fingerprint density at radius 3 is 2.48 bits per heavy atom. The standard InChI is InChI=1S/C24H40O5/c1-13(4-7-21(28)29)17-11-19(26)22-16-6-5-14-10-15(25)8-9-23(14,2)18(16)12-20(27)24(17,22)3/h13-20,22,25-27H,4-12H2,1-3H3,(H,28,29)/t13-,14-,15-,16-,17-,18+,19-,20+,22-,23+,24+/m1/s1. The van der Waals surface area contributed by atoms with E-state index < -0.39 is 18.2 Å². The fourth-order valence-corrected chi connectivity index (χ4v) is 8.72. The van der Waals surface area contributed by atoms with Crippen molar-refractivity contribution >= 4 is 5.97 Å². The van der Waals surface area contributed by atoms with Crippen LogP contribution in [0.1, 0.15) is 78.6 Å². The maximum absolute atomic E-state index is 11.5. The van der Waals surface area contributed by atoms with Gasteiger partial charge in [0, 0.05) is 11.8 Å². The molecule has 4 rings (SSSR count). The number of rotatable bonds is 4. The molecule has 0 saturated heterocycles. The Morgan fingerprint density at radius 1 is 1.07 bits per heavy atom. The molecule has 29 heavy (non-hydrogen) atoms. The number of carbonyl (C=O) groups is 1. The molecule has 4 aliphatic rings. The van der Waals surface area contributed by atoms with E-state index in [-0.39, 0.29) is 41.1 Å². The molecule has 0 aliphatic heterocycles. The summed E-state index contributed by atoms with van der Waals surface area (Å²) in [6, 6.07) is 0. The maximum Gasteiger partial charge on any atom is 0.303 e. The summed E-state index contributed by atoms with van der Waals surface area (Å²) < 4.78 is 0. The Kier molecular flexibility index (Phi) is 5.57. The largest absolute Gasteiger partial charge is 0.481 e. The second-order valence-corrected chi connectivity index (χ2v) is 11.4. The van der Waals surface area contributed by atoms with Crippen LogP contribution in [0.5, 0.6) is 0 Å². The lowest BCUT2D eigenvalue weighted by molar-refractivity contribution is -0.186. The van der Waals surface area contributed by atoms with E-state index in [9.17, 15) is 20.1 Å². The van der Waals surface area contributed by atoms with Crippen molar-refractivity contribution in [2.45, 2.75) is 96.9 Å². The van der Waals surface area contributed by atoms with Crippen LogP contribution in [0, 0.1) is 46.3 Å². The van der Waals surface area contributed by atoms with Gasteiger partial charge in [-0.2, -0.15) is 0 Å². The van der Waals surface area contributed by atoms with Gasteiger partial charge in [0.15, 0.2) is 0 Å². The third kappa shape index (κ3) is 3.27. The van der Waals surface area contributed by atoms with E-state index in [4.69, 9.17) is 5.11 Å². The van der Waals surface area contributed by atoms with Crippen LogP contribution in [-0.4, -0.2) is 44.7 Å². The summed E-state index contributed by atoms with van der Waals surface area (Å²) in [6.45, 7) is 6.66. The van der Waals surface area contributed by atoms with Gasteiger partial charge in [-0.3, -0.25) is 4.79 Å². The molecule has 5 nitrogen and oxygen atoms in total. The zero-order valence-electron chi connectivity index (χ0n) is 18.3. The molecule has 0 aromatic carbocycles. The zero-order chi connectivity index (χ0) is 21.1. The molecule has 4 aliphatic carbocycles. The summed E-state index contributed by atoms with van der Waals surface area (Å²) in [4.78, 5) is 11.1. The molecule has 0 unspecified atom stereocenters. The Bertz CT molecular complexity index is 637. The van der Waals surface area contributed by atoms with Crippen molar-refractivity contribution in [3.8, 4) is 0 Å². The normalized spacial score (nSPS) is 52.9. The minimum Gasteiger partial charge on any atom is -0.481 e. The van der Waals surface area contributed by atoms with Crippen LogP contribution in [0.15, 0.2) is 0 Å². The highest BCUT2D eigenvalue weighted by molar-refractivity contribution is 5.66. The molecule has 0 aromatic heterocycles. The molecule has 0 bridgehead atoms. The molecule has 5 heteroatoms. The van der Waals surface area contributed by atoms with Gasteiger partial charge in [0.2, 0.25) is 0 Å². The first kappa shape index (κ1) is 21.6. The van der Waals surface area contributed by atoms with Crippen molar-refractivity contribution in [1.82, 2.24) is 0 Å². The predicted octanol–water partition coefficient (Wildman–Crippen LogP) is 3.45. The third-order valence-corrected chi connectivity index (χ3v) is 10.3. The molecule has 11 atom stereocenters. The molecule has 4 fully saturated rings. The Balaban J connectivity index is 1.61. The van der Waals surface area contributed by atoms with E-state index in [1.54, 1.807) is 0 Å². The summed E-state index contributed by atoms with van der Waals surface area (Å²) in [7, 11) is 0. The van der Waals surface area contributed by atoms with Crippen LogP contribution in [0.4, 0.5) is 0 Å². The molecule has 0 amide bonds. The minimum absolute atomic E-state index is 0.0955. The second-order valence-electron chi connectivity index (χ2n) is 11.4. The average Bonchev–Trinajstić information content (AvgIpc) is 2.94. The van der Waals surface area contributed by atoms with E-state index in [1.807, 2.05) is 0 Å². The van der Waals surface area contributed by atoms with Crippen molar-refractivity contribution < 1.29 is 25.2 Å². The van der Waals surface area contributed by atoms with Crippen LogP contribution in [0.25, 0.3) is 0 Å². The van der Waals surface area contributed by atoms with Gasteiger partial charge in [-0.1, -0.05) is 20.8 Å². The van der Waals surface area contributed by atoms with Gasteiger partial charge in [-0.25, -0.2) is 0 Å². The van der Waals surface area contributed by atoms with Gasteiger partial charge in [0.05, 0.1) is 18.3 Å². The van der Waals surface area contributed by atoms with E-state index in [1.165, 1.54) is 0 Å². The van der Waals surface area contributed by atoms with Crippen LogP contribution in [0.2, 0.25) is 0 Å². The van der Waals surface area contributed by atoms with Crippen molar-refractivity contribution in [2.24, 2.45) is 46.3 Å². The van der Waals surface area contributed by atoms with Gasteiger partial charge in [0.25, 0.3) is 0 Å². The number of aliphatic hydroxyl groups excluding tert-OH is 3. The number of carboxylic acid groups (broad SMARTS) is 1. The Hall–Kier alpha value is -0.650. The highest BCUT2D eigenvalue weighted by Crippen LogP contribution is 2.68. The van der Waals surface area contributed by atoms with Crippen molar-refractivity contribution in [2.75, 3.05) is 0 Å². The first-order valence-electron chi connectivity index (χ1n) is 11.8. The SMILES string of the molecule is C[C@H](CCC(=O)O)[C@H]1C[C@@H](O)[C@H]2[C@@H]3CC[C@@H]4C[C@H](O)CC[C@]4(C)[C@H]3C[C@H](O)[C@@]21C. The van der Waals surface area contributed by atoms with E-state index in [2.05, 4.69) is 20.8 Å². The van der Waals surface area contributed by atoms with Crippen molar-refractivity contribution in [1.29, 1.82) is 0 Å². The smallest absolute Gasteiger partial charge is 0.303 e. The topological polar surface area (TPSA) is 98.0 Å². The minimum atomic E-state index is -0.771. The molecule has 4 saturated carbocycles. The van der Waals surface area contributed by atoms with Gasteiger partial charge in [-0.15, -0.1) is 0 Å². The summed E-state index contributed by atoms with van der Waals surface area (Å²) in [5.41, 5.74) is -0.187. The van der Waals surface area contributed by atoms with Gasteiger partial charge in [0.1, 0.15) is 0 Å². The lowest BCUT2D eigenvalue weighted by Gasteiger charge is -2.62. The highest BCUT2D eigenvalue weighted by atomic mass is 16.4. The number of carboxylic acids is 1. The van der Waals surface area contributed by atoms with Gasteiger partial charge in [-0.05, 0) is 92.3 Å². The number of fused-ring (bicyclic) bond motifs is 5. The molecule has 0 radical (unpaired) electrons. The predicted molar refractivity (Wildman–Crippen MR) is 110 cm³/mol. The fraction of sp³-hybridized carbons (Fsp3) is 0.958. The lowest BCUT2D eigenvalue weighted by atomic mass is 9.43. The first-order chi connectivity index (χ1) is 13.6. The summed E-state index contributed by atoms with van der Waals surface area (Å²) >= 11 is 0. The van der Waals surface area contributed by atoms with Crippen LogP contribution in [-0.2, 0) is 4.79 Å². The van der Waals surface area contributed by atoms with Crippen molar-refractivity contribution in [3.63, 3.8) is 0 Å². The molecule has 0 spiro atoms. The zero-order valence-corrected chi connectivity index (χ0v) is 18.3. The van der Waals surface area contributed by atoms with Crippen LogP contribution in [0.3, 0.4) is 0 Å². The van der Waals surface area contributed by atoms with Crippen LogP contribution < -0.4 is 0 Å². The molecule has 166 valence electrons. The second kappa shape index (κ2) is 7.49. The molecule has 0 heterocycles.